The van der Waals surface area contributed by atoms with Crippen molar-refractivity contribution in [3.8, 4) is 0 Å². The molecule has 10 heavy (non-hydrogen) atoms. The molecule has 3 N–H and O–H groups in total. The first-order valence-electron chi connectivity index (χ1n) is 3.31. The number of hydrogen-bond donors (Lipinski definition) is 2. The van der Waals surface area contributed by atoms with Crippen molar-refractivity contribution in [2.24, 2.45) is 5.73 Å². The second-order valence-corrected chi connectivity index (χ2v) is 2.48. The molecule has 4 heteroatoms. The molecular weight excluding hydrogens is 132 g/mol. The molecule has 0 radical (unpaired) electrons. The minimum Gasteiger partial charge on any atom is -0.468 e. The molecule has 1 rings (SSSR count). The molecule has 1 saturated heterocycles. The Morgan fingerprint density at radius 3 is 2.90 bits per heavy atom. The number of hydrogen-bond acceptors (Lipinski definition) is 4. The van der Waals surface area contributed by atoms with Crippen LogP contribution in [0.2, 0.25) is 0 Å². The van der Waals surface area contributed by atoms with Crippen LogP contribution < -0.4 is 11.1 Å². The van der Waals surface area contributed by atoms with Gasteiger partial charge in [-0.2, -0.15) is 0 Å². The van der Waals surface area contributed by atoms with Crippen LogP contribution in [0, 0.1) is 0 Å². The highest BCUT2D eigenvalue weighted by atomic mass is 16.5. The SMILES string of the molecule is COC(=O)[C@@H]1CC(N)CN1. The third-order valence-electron chi connectivity index (χ3n) is 1.65. The molecule has 0 aromatic rings. The first kappa shape index (κ1) is 7.50. The van der Waals surface area contributed by atoms with E-state index in [1.54, 1.807) is 0 Å². The van der Waals surface area contributed by atoms with E-state index in [0.717, 1.165) is 0 Å². The lowest BCUT2D eigenvalue weighted by atomic mass is 10.2. The van der Waals surface area contributed by atoms with Crippen LogP contribution in [-0.4, -0.2) is 31.7 Å². The van der Waals surface area contributed by atoms with Gasteiger partial charge in [-0.3, -0.25) is 4.79 Å². The fourth-order valence-electron chi connectivity index (χ4n) is 1.08. The smallest absolute Gasteiger partial charge is 0.322 e. The van der Waals surface area contributed by atoms with Crippen LogP contribution in [0.15, 0.2) is 0 Å². The Hall–Kier alpha value is -0.610. The van der Waals surface area contributed by atoms with E-state index >= 15 is 0 Å². The maximum Gasteiger partial charge on any atom is 0.322 e. The maximum atomic E-state index is 10.8. The molecule has 4 nitrogen and oxygen atoms in total. The molecular formula is C6H12N2O2. The van der Waals surface area contributed by atoms with Gasteiger partial charge in [0.2, 0.25) is 0 Å². The summed E-state index contributed by atoms with van der Waals surface area (Å²) < 4.78 is 4.53. The van der Waals surface area contributed by atoms with E-state index in [1.807, 2.05) is 0 Å². The predicted molar refractivity (Wildman–Crippen MR) is 36.4 cm³/mol. The summed E-state index contributed by atoms with van der Waals surface area (Å²) in [6, 6.07) is -0.0795. The third-order valence-corrected chi connectivity index (χ3v) is 1.65. The van der Waals surface area contributed by atoms with Crippen molar-refractivity contribution in [1.82, 2.24) is 5.32 Å². The number of esters is 1. The zero-order chi connectivity index (χ0) is 7.56. The van der Waals surface area contributed by atoms with E-state index in [2.05, 4.69) is 10.1 Å². The van der Waals surface area contributed by atoms with Gasteiger partial charge in [0, 0.05) is 12.6 Å². The van der Waals surface area contributed by atoms with Crippen molar-refractivity contribution in [3.05, 3.63) is 0 Å². The van der Waals surface area contributed by atoms with Gasteiger partial charge < -0.3 is 15.8 Å². The summed E-state index contributed by atoms with van der Waals surface area (Å²) in [6.07, 6.45) is 0.687. The molecule has 0 aromatic heterocycles. The maximum absolute atomic E-state index is 10.8. The highest BCUT2D eigenvalue weighted by molar-refractivity contribution is 5.76. The number of methoxy groups -OCH3 is 1. The van der Waals surface area contributed by atoms with Crippen LogP contribution >= 0.6 is 0 Å². The van der Waals surface area contributed by atoms with Crippen molar-refractivity contribution in [2.75, 3.05) is 13.7 Å². The molecule has 58 valence electrons. The molecule has 0 aromatic carbocycles. The number of ether oxygens (including phenoxy) is 1. The van der Waals surface area contributed by atoms with Gasteiger partial charge in [0.1, 0.15) is 6.04 Å². The van der Waals surface area contributed by atoms with Gasteiger partial charge in [-0.05, 0) is 6.42 Å². The van der Waals surface area contributed by atoms with Crippen LogP contribution in [0.25, 0.3) is 0 Å². The standard InChI is InChI=1S/C6H12N2O2/c1-10-6(9)5-2-4(7)3-8-5/h4-5,8H,2-3,7H2,1H3/t4?,5-/m0/s1. The Labute approximate surface area is 59.7 Å². The van der Waals surface area contributed by atoms with Gasteiger partial charge in [0.25, 0.3) is 0 Å². The van der Waals surface area contributed by atoms with Crippen molar-refractivity contribution < 1.29 is 9.53 Å². The number of nitrogens with two attached hydrogens (primary N) is 1. The van der Waals surface area contributed by atoms with E-state index in [9.17, 15) is 4.79 Å². The summed E-state index contributed by atoms with van der Waals surface area (Å²) in [7, 11) is 1.38. The lowest BCUT2D eigenvalue weighted by Crippen LogP contribution is -2.31. The molecule has 1 fully saturated rings. The van der Waals surface area contributed by atoms with Crippen LogP contribution in [0.5, 0.6) is 0 Å². The van der Waals surface area contributed by atoms with Gasteiger partial charge in [0.05, 0.1) is 7.11 Å². The van der Waals surface area contributed by atoms with Gasteiger partial charge >= 0.3 is 5.97 Å². The van der Waals surface area contributed by atoms with Crippen molar-refractivity contribution in [1.29, 1.82) is 0 Å². The lowest BCUT2D eigenvalue weighted by Gasteiger charge is -2.05. The quantitative estimate of drug-likeness (QED) is 0.456. The van der Waals surface area contributed by atoms with E-state index in [-0.39, 0.29) is 18.1 Å². The molecule has 0 amide bonds. The van der Waals surface area contributed by atoms with Crippen LogP contribution in [0.4, 0.5) is 0 Å². The Morgan fingerprint density at radius 1 is 1.80 bits per heavy atom. The lowest BCUT2D eigenvalue weighted by molar-refractivity contribution is -0.142. The zero-order valence-electron chi connectivity index (χ0n) is 5.96. The molecule has 1 aliphatic heterocycles. The highest BCUT2D eigenvalue weighted by Gasteiger charge is 2.27. The van der Waals surface area contributed by atoms with Crippen molar-refractivity contribution >= 4 is 5.97 Å². The molecule has 1 heterocycles. The molecule has 0 saturated carbocycles. The largest absolute Gasteiger partial charge is 0.468 e. The van der Waals surface area contributed by atoms with E-state index in [0.29, 0.717) is 13.0 Å². The summed E-state index contributed by atoms with van der Waals surface area (Å²) in [5.74, 6) is -0.215. The fraction of sp³-hybridized carbons (Fsp3) is 0.833. The molecule has 0 bridgehead atoms. The van der Waals surface area contributed by atoms with E-state index < -0.39 is 0 Å². The number of nitrogens with one attached hydrogen (secondary N) is 1. The van der Waals surface area contributed by atoms with Crippen LogP contribution in [-0.2, 0) is 9.53 Å². The van der Waals surface area contributed by atoms with Crippen LogP contribution in [0.1, 0.15) is 6.42 Å². The van der Waals surface area contributed by atoms with Crippen LogP contribution in [0.3, 0.4) is 0 Å². The Kier molecular flexibility index (Phi) is 2.24. The third kappa shape index (κ3) is 1.46. The summed E-state index contributed by atoms with van der Waals surface area (Å²) >= 11 is 0. The Bertz CT molecular complexity index is 138. The summed E-state index contributed by atoms with van der Waals surface area (Å²) in [5.41, 5.74) is 5.55. The fourth-order valence-corrected chi connectivity index (χ4v) is 1.08. The molecule has 1 unspecified atom stereocenters. The first-order valence-corrected chi connectivity index (χ1v) is 3.31. The number of rotatable bonds is 1. The van der Waals surface area contributed by atoms with E-state index in [4.69, 9.17) is 5.73 Å². The molecule has 0 spiro atoms. The molecule has 1 aliphatic rings. The highest BCUT2D eigenvalue weighted by Crippen LogP contribution is 2.04. The van der Waals surface area contributed by atoms with Gasteiger partial charge in [-0.1, -0.05) is 0 Å². The molecule has 0 aliphatic carbocycles. The van der Waals surface area contributed by atoms with E-state index in [1.165, 1.54) is 7.11 Å². The number of carbonyl (C=O) groups excluding carboxylic acids is 1. The topological polar surface area (TPSA) is 64.3 Å². The normalized spacial score (nSPS) is 32.2. The average Bonchev–Trinajstić information content (AvgIpc) is 2.34. The summed E-state index contributed by atoms with van der Waals surface area (Å²) in [5, 5.41) is 2.96. The number of carbonyl (C=O) groups is 1. The zero-order valence-corrected chi connectivity index (χ0v) is 5.96. The molecule has 2 atom stereocenters. The van der Waals surface area contributed by atoms with Crippen molar-refractivity contribution in [2.45, 2.75) is 18.5 Å². The predicted octanol–water partition coefficient (Wildman–Crippen LogP) is -1.15. The van der Waals surface area contributed by atoms with Crippen molar-refractivity contribution in [3.63, 3.8) is 0 Å². The minimum absolute atomic E-state index is 0.101. The minimum atomic E-state index is -0.215. The second-order valence-electron chi connectivity index (χ2n) is 2.48. The van der Waals surface area contributed by atoms with Gasteiger partial charge in [0.15, 0.2) is 0 Å². The monoisotopic (exact) mass is 144 g/mol. The average molecular weight is 144 g/mol. The summed E-state index contributed by atoms with van der Waals surface area (Å²) in [4.78, 5) is 10.8. The Morgan fingerprint density at radius 2 is 2.50 bits per heavy atom. The Balaban J connectivity index is 2.37. The summed E-state index contributed by atoms with van der Waals surface area (Å²) in [6.45, 7) is 0.708. The first-order chi connectivity index (χ1) is 4.74. The second kappa shape index (κ2) is 2.98. The van der Waals surface area contributed by atoms with Gasteiger partial charge in [-0.25, -0.2) is 0 Å². The van der Waals surface area contributed by atoms with Gasteiger partial charge in [-0.15, -0.1) is 0 Å².